The summed E-state index contributed by atoms with van der Waals surface area (Å²) in [6.07, 6.45) is 1.65. The maximum atomic E-state index is 12.8. The van der Waals surface area contributed by atoms with E-state index >= 15 is 0 Å². The molecule has 0 saturated carbocycles. The standard InChI is InChI=1S/C23H23N5O2S/c1-4-13-27-21(30)18-7-5-6-8-19(18)28-22(27)25-26-23(28)31-14-20(29)24-17-11-9-16(10-12-17)15(2)3/h4-12,15H,1,13-14H2,2-3H3,(H,24,29). The highest BCUT2D eigenvalue weighted by Gasteiger charge is 2.17. The van der Waals surface area contributed by atoms with Crippen LogP contribution < -0.4 is 10.9 Å². The van der Waals surface area contributed by atoms with Crippen molar-refractivity contribution in [1.82, 2.24) is 19.2 Å². The number of hydrogen-bond acceptors (Lipinski definition) is 5. The summed E-state index contributed by atoms with van der Waals surface area (Å²) in [5.41, 5.74) is 2.54. The van der Waals surface area contributed by atoms with Gasteiger partial charge in [-0.1, -0.05) is 56.0 Å². The van der Waals surface area contributed by atoms with Crippen LogP contribution in [-0.4, -0.2) is 30.8 Å². The molecule has 0 radical (unpaired) electrons. The summed E-state index contributed by atoms with van der Waals surface area (Å²) in [7, 11) is 0. The molecule has 0 fully saturated rings. The minimum atomic E-state index is -0.144. The summed E-state index contributed by atoms with van der Waals surface area (Å²) >= 11 is 1.28. The molecule has 0 saturated heterocycles. The summed E-state index contributed by atoms with van der Waals surface area (Å²) in [5, 5.41) is 12.5. The van der Waals surface area contributed by atoms with Crippen LogP contribution in [0.2, 0.25) is 0 Å². The summed E-state index contributed by atoms with van der Waals surface area (Å²) in [6.45, 7) is 8.31. The fourth-order valence-electron chi connectivity index (χ4n) is 3.40. The lowest BCUT2D eigenvalue weighted by molar-refractivity contribution is -0.113. The summed E-state index contributed by atoms with van der Waals surface area (Å²) in [5.74, 6) is 0.898. The zero-order chi connectivity index (χ0) is 22.0. The van der Waals surface area contributed by atoms with Crippen molar-refractivity contribution in [2.75, 3.05) is 11.1 Å². The van der Waals surface area contributed by atoms with E-state index in [1.54, 1.807) is 12.1 Å². The number of carbonyl (C=O) groups excluding carboxylic acids is 1. The maximum Gasteiger partial charge on any atom is 0.263 e. The van der Waals surface area contributed by atoms with Crippen molar-refractivity contribution in [2.45, 2.75) is 31.5 Å². The van der Waals surface area contributed by atoms with Gasteiger partial charge in [-0.15, -0.1) is 16.8 Å². The lowest BCUT2D eigenvalue weighted by atomic mass is 10.0. The molecule has 0 bridgehead atoms. The number of anilines is 1. The number of amides is 1. The second-order valence-electron chi connectivity index (χ2n) is 7.45. The van der Waals surface area contributed by atoms with Crippen LogP contribution in [0, 0.1) is 0 Å². The highest BCUT2D eigenvalue weighted by Crippen LogP contribution is 2.22. The van der Waals surface area contributed by atoms with Crippen molar-refractivity contribution in [3.05, 3.63) is 77.1 Å². The van der Waals surface area contributed by atoms with E-state index in [1.807, 2.05) is 46.9 Å². The largest absolute Gasteiger partial charge is 0.325 e. The van der Waals surface area contributed by atoms with Gasteiger partial charge in [0, 0.05) is 12.2 Å². The van der Waals surface area contributed by atoms with Crippen LogP contribution in [0.4, 0.5) is 5.69 Å². The highest BCUT2D eigenvalue weighted by molar-refractivity contribution is 7.99. The third-order valence-electron chi connectivity index (χ3n) is 4.98. The number of aromatic nitrogens is 4. The highest BCUT2D eigenvalue weighted by atomic mass is 32.2. The van der Waals surface area contributed by atoms with Gasteiger partial charge in [0.05, 0.1) is 16.7 Å². The first-order valence-electron chi connectivity index (χ1n) is 9.99. The summed E-state index contributed by atoms with van der Waals surface area (Å²) in [6, 6.07) is 15.2. The van der Waals surface area contributed by atoms with Crippen molar-refractivity contribution in [3.63, 3.8) is 0 Å². The number of hydrogen-bond donors (Lipinski definition) is 1. The smallest absolute Gasteiger partial charge is 0.263 e. The number of rotatable bonds is 7. The molecular formula is C23H23N5O2S. The van der Waals surface area contributed by atoms with Gasteiger partial charge in [0.2, 0.25) is 11.7 Å². The van der Waals surface area contributed by atoms with Gasteiger partial charge >= 0.3 is 0 Å². The maximum absolute atomic E-state index is 12.8. The van der Waals surface area contributed by atoms with Crippen LogP contribution in [0.15, 0.2) is 71.1 Å². The van der Waals surface area contributed by atoms with Crippen LogP contribution in [0.3, 0.4) is 0 Å². The molecule has 4 rings (SSSR count). The zero-order valence-electron chi connectivity index (χ0n) is 17.4. The Kier molecular flexibility index (Phi) is 5.90. The van der Waals surface area contributed by atoms with E-state index in [0.717, 1.165) is 5.69 Å². The van der Waals surface area contributed by atoms with Crippen LogP contribution in [0.5, 0.6) is 0 Å². The van der Waals surface area contributed by atoms with Crippen molar-refractivity contribution in [1.29, 1.82) is 0 Å². The quantitative estimate of drug-likeness (QED) is 0.351. The molecule has 4 aromatic rings. The van der Waals surface area contributed by atoms with E-state index < -0.39 is 0 Å². The average Bonchev–Trinajstić information content (AvgIpc) is 3.19. The zero-order valence-corrected chi connectivity index (χ0v) is 18.2. The predicted molar refractivity (Wildman–Crippen MR) is 125 cm³/mol. The van der Waals surface area contributed by atoms with Crippen molar-refractivity contribution in [2.24, 2.45) is 0 Å². The fourth-order valence-corrected chi connectivity index (χ4v) is 4.14. The van der Waals surface area contributed by atoms with E-state index in [0.29, 0.717) is 34.3 Å². The lowest BCUT2D eigenvalue weighted by Crippen LogP contribution is -2.22. The Hall–Kier alpha value is -3.39. The molecule has 0 unspecified atom stereocenters. The Labute approximate surface area is 183 Å². The van der Waals surface area contributed by atoms with Gasteiger partial charge in [-0.05, 0) is 35.7 Å². The summed E-state index contributed by atoms with van der Waals surface area (Å²) in [4.78, 5) is 25.3. The van der Waals surface area contributed by atoms with Crippen molar-refractivity contribution < 1.29 is 4.79 Å². The van der Waals surface area contributed by atoms with Crippen LogP contribution in [-0.2, 0) is 11.3 Å². The fraction of sp³-hybridized carbons (Fsp3) is 0.217. The van der Waals surface area contributed by atoms with E-state index in [-0.39, 0.29) is 17.2 Å². The number of nitrogens with one attached hydrogen (secondary N) is 1. The molecule has 158 valence electrons. The van der Waals surface area contributed by atoms with Crippen molar-refractivity contribution >= 4 is 40.0 Å². The molecule has 31 heavy (non-hydrogen) atoms. The predicted octanol–water partition coefficient (Wildman–Crippen LogP) is 4.08. The summed E-state index contributed by atoms with van der Waals surface area (Å²) < 4.78 is 3.35. The number of para-hydroxylation sites is 1. The Bertz CT molecular complexity index is 1320. The molecule has 2 aromatic carbocycles. The first kappa shape index (κ1) is 20.9. The van der Waals surface area contributed by atoms with E-state index in [9.17, 15) is 9.59 Å². The molecule has 1 amide bonds. The van der Waals surface area contributed by atoms with Crippen LogP contribution in [0.1, 0.15) is 25.3 Å². The number of allylic oxidation sites excluding steroid dienone is 1. The second kappa shape index (κ2) is 8.77. The average molecular weight is 434 g/mol. The van der Waals surface area contributed by atoms with E-state index in [4.69, 9.17) is 0 Å². The normalized spacial score (nSPS) is 11.3. The molecule has 2 aromatic heterocycles. The van der Waals surface area contributed by atoms with Crippen LogP contribution >= 0.6 is 11.8 Å². The van der Waals surface area contributed by atoms with Gasteiger partial charge in [-0.25, -0.2) is 0 Å². The third-order valence-corrected chi connectivity index (χ3v) is 5.91. The van der Waals surface area contributed by atoms with Gasteiger partial charge in [0.1, 0.15) is 0 Å². The molecule has 0 aliphatic carbocycles. The SMILES string of the molecule is C=CCn1c(=O)c2ccccc2n2c(SCC(=O)Nc3ccc(C(C)C)cc3)nnc12. The second-order valence-corrected chi connectivity index (χ2v) is 8.40. The van der Waals surface area contributed by atoms with E-state index in [2.05, 4.69) is 35.9 Å². The molecule has 0 aliphatic heterocycles. The van der Waals surface area contributed by atoms with Crippen molar-refractivity contribution in [3.8, 4) is 0 Å². The number of carbonyl (C=O) groups is 1. The Morgan fingerprint density at radius 1 is 1.16 bits per heavy atom. The molecule has 8 heteroatoms. The Balaban J connectivity index is 1.59. The molecule has 2 heterocycles. The molecule has 0 aliphatic rings. The third kappa shape index (κ3) is 4.11. The lowest BCUT2D eigenvalue weighted by Gasteiger charge is -2.10. The topological polar surface area (TPSA) is 81.3 Å². The minimum Gasteiger partial charge on any atom is -0.325 e. The van der Waals surface area contributed by atoms with E-state index in [1.165, 1.54) is 21.9 Å². The van der Waals surface area contributed by atoms with Gasteiger partial charge < -0.3 is 5.32 Å². The number of benzene rings is 2. The first-order valence-corrected chi connectivity index (χ1v) is 11.0. The number of nitrogens with zero attached hydrogens (tertiary/aromatic N) is 4. The first-order chi connectivity index (χ1) is 15.0. The van der Waals surface area contributed by atoms with Gasteiger partial charge in [0.25, 0.3) is 5.56 Å². The minimum absolute atomic E-state index is 0.136. The number of thioether (sulfide) groups is 1. The monoisotopic (exact) mass is 433 g/mol. The Morgan fingerprint density at radius 3 is 2.61 bits per heavy atom. The van der Waals surface area contributed by atoms with Gasteiger partial charge in [-0.3, -0.25) is 18.6 Å². The molecule has 0 atom stereocenters. The molecule has 0 spiro atoms. The van der Waals surface area contributed by atoms with Crippen LogP contribution in [0.25, 0.3) is 16.7 Å². The molecule has 7 nitrogen and oxygen atoms in total. The number of fused-ring (bicyclic) bond motifs is 3. The molecular weight excluding hydrogens is 410 g/mol. The Morgan fingerprint density at radius 2 is 1.90 bits per heavy atom. The van der Waals surface area contributed by atoms with Gasteiger partial charge in [0.15, 0.2) is 5.16 Å². The van der Waals surface area contributed by atoms with Gasteiger partial charge in [-0.2, -0.15) is 0 Å². The molecule has 1 N–H and O–H groups in total.